The van der Waals surface area contributed by atoms with Gasteiger partial charge in [-0.2, -0.15) is 0 Å². The summed E-state index contributed by atoms with van der Waals surface area (Å²) in [6, 6.07) is 0. The minimum atomic E-state index is 0.609. The van der Waals surface area contributed by atoms with Gasteiger partial charge in [0.1, 0.15) is 5.84 Å². The molecule has 0 aromatic carbocycles. The Morgan fingerprint density at radius 1 is 1.36 bits per heavy atom. The molecule has 0 saturated carbocycles. The second-order valence-corrected chi connectivity index (χ2v) is 4.20. The highest BCUT2D eigenvalue weighted by Gasteiger charge is 2.31. The molecule has 3 rings (SSSR count). The van der Waals surface area contributed by atoms with E-state index in [2.05, 4.69) is 33.9 Å². The van der Waals surface area contributed by atoms with E-state index in [1.807, 2.05) is 0 Å². The van der Waals surface area contributed by atoms with Crippen LogP contribution in [0.3, 0.4) is 0 Å². The topological polar surface area (TPSA) is 36.4 Å². The number of rotatable bonds is 0. The zero-order valence-corrected chi connectivity index (χ0v) is 8.16. The van der Waals surface area contributed by atoms with Crippen LogP contribution in [0.15, 0.2) is 28.9 Å². The number of piperidine rings is 1. The molecule has 3 aliphatic rings. The number of aliphatic imine (C=N–C) groups is 1. The molecule has 1 aliphatic carbocycles. The highest BCUT2D eigenvalue weighted by atomic mass is 15.1. The Bertz CT molecular complexity index is 327. The van der Waals surface area contributed by atoms with E-state index in [-0.39, 0.29) is 0 Å². The van der Waals surface area contributed by atoms with Gasteiger partial charge < -0.3 is 5.32 Å². The molecule has 0 spiro atoms. The zero-order chi connectivity index (χ0) is 9.38. The Hall–Kier alpha value is -1.09. The maximum Gasteiger partial charge on any atom is 0.106 e. The van der Waals surface area contributed by atoms with Crippen LogP contribution >= 0.6 is 0 Å². The van der Waals surface area contributed by atoms with Crippen LogP contribution in [-0.2, 0) is 0 Å². The molecular weight excluding hydrogens is 174 g/mol. The van der Waals surface area contributed by atoms with Crippen molar-refractivity contribution < 1.29 is 0 Å². The summed E-state index contributed by atoms with van der Waals surface area (Å²) in [7, 11) is 0. The minimum absolute atomic E-state index is 0.609. The summed E-state index contributed by atoms with van der Waals surface area (Å²) in [4.78, 5) is 4.47. The van der Waals surface area contributed by atoms with Gasteiger partial charge in [0, 0.05) is 24.1 Å². The second-order valence-electron chi connectivity index (χ2n) is 4.20. The summed E-state index contributed by atoms with van der Waals surface area (Å²) < 4.78 is 0. The molecule has 2 unspecified atom stereocenters. The number of amidine groups is 1. The van der Waals surface area contributed by atoms with Crippen molar-refractivity contribution in [2.75, 3.05) is 13.2 Å². The maximum absolute atomic E-state index is 4.47. The molecule has 14 heavy (non-hydrogen) atoms. The first kappa shape index (κ1) is 8.24. The number of allylic oxidation sites excluding steroid dienone is 4. The minimum Gasteiger partial charge on any atom is -0.347 e. The van der Waals surface area contributed by atoms with Crippen LogP contribution in [0.25, 0.3) is 0 Å². The molecule has 3 nitrogen and oxygen atoms in total. The molecule has 0 bridgehead atoms. The van der Waals surface area contributed by atoms with Crippen molar-refractivity contribution in [3.63, 3.8) is 0 Å². The number of nitrogens with zero attached hydrogens (tertiary/aromatic N) is 1. The van der Waals surface area contributed by atoms with E-state index in [1.165, 1.54) is 24.4 Å². The molecule has 74 valence electrons. The van der Waals surface area contributed by atoms with Gasteiger partial charge in [-0.15, -0.1) is 0 Å². The van der Waals surface area contributed by atoms with Gasteiger partial charge in [0.05, 0.1) is 6.67 Å². The molecule has 1 fully saturated rings. The quantitative estimate of drug-likeness (QED) is 0.597. The first-order valence-corrected chi connectivity index (χ1v) is 5.32. The van der Waals surface area contributed by atoms with Crippen LogP contribution in [0.5, 0.6) is 0 Å². The molecule has 2 heterocycles. The lowest BCUT2D eigenvalue weighted by atomic mass is 9.82. The van der Waals surface area contributed by atoms with Crippen LogP contribution in [0.2, 0.25) is 0 Å². The van der Waals surface area contributed by atoms with Crippen molar-refractivity contribution in [1.82, 2.24) is 10.6 Å². The van der Waals surface area contributed by atoms with Gasteiger partial charge in [-0.3, -0.25) is 10.3 Å². The lowest BCUT2D eigenvalue weighted by molar-refractivity contribution is 0.404. The van der Waals surface area contributed by atoms with Crippen LogP contribution in [-0.4, -0.2) is 19.0 Å². The predicted molar refractivity (Wildman–Crippen MR) is 56.9 cm³/mol. The van der Waals surface area contributed by atoms with E-state index >= 15 is 0 Å². The molecule has 2 aliphatic heterocycles. The van der Waals surface area contributed by atoms with Crippen LogP contribution in [0, 0.1) is 11.8 Å². The predicted octanol–water partition coefficient (Wildman–Crippen LogP) is 1.02. The summed E-state index contributed by atoms with van der Waals surface area (Å²) in [5.41, 5.74) is 1.37. The molecule has 2 atom stereocenters. The van der Waals surface area contributed by atoms with Crippen molar-refractivity contribution in [2.45, 2.75) is 12.8 Å². The average Bonchev–Trinajstić information content (AvgIpc) is 2.26. The summed E-state index contributed by atoms with van der Waals surface area (Å²) in [5, 5.41) is 6.79. The van der Waals surface area contributed by atoms with E-state index in [4.69, 9.17) is 0 Å². The Morgan fingerprint density at radius 2 is 2.36 bits per heavy atom. The van der Waals surface area contributed by atoms with E-state index in [9.17, 15) is 0 Å². The molecular formula is C11H15N3. The van der Waals surface area contributed by atoms with E-state index in [0.29, 0.717) is 11.8 Å². The summed E-state index contributed by atoms with van der Waals surface area (Å²) >= 11 is 0. The fourth-order valence-corrected chi connectivity index (χ4v) is 2.48. The number of fused-ring (bicyclic) bond motifs is 2. The molecule has 0 aromatic heterocycles. The molecule has 0 aromatic rings. The average molecular weight is 189 g/mol. The Balaban J connectivity index is 1.87. The van der Waals surface area contributed by atoms with Gasteiger partial charge in [0.2, 0.25) is 0 Å². The highest BCUT2D eigenvalue weighted by molar-refractivity contribution is 5.88. The third kappa shape index (κ3) is 1.28. The van der Waals surface area contributed by atoms with Crippen molar-refractivity contribution >= 4 is 5.84 Å². The third-order valence-corrected chi connectivity index (χ3v) is 3.25. The molecule has 0 amide bonds. The van der Waals surface area contributed by atoms with Gasteiger partial charge in [0.25, 0.3) is 0 Å². The van der Waals surface area contributed by atoms with E-state index in [0.717, 1.165) is 13.2 Å². The summed E-state index contributed by atoms with van der Waals surface area (Å²) in [6.45, 7) is 1.85. The number of hydrogen-bond acceptors (Lipinski definition) is 3. The van der Waals surface area contributed by atoms with Gasteiger partial charge in [0.15, 0.2) is 0 Å². The normalized spacial score (nSPS) is 34.9. The summed E-state index contributed by atoms with van der Waals surface area (Å²) in [6.07, 6.45) is 9.02. The Morgan fingerprint density at radius 3 is 3.36 bits per heavy atom. The molecule has 2 N–H and O–H groups in total. The van der Waals surface area contributed by atoms with Gasteiger partial charge in [-0.25, -0.2) is 0 Å². The van der Waals surface area contributed by atoms with Crippen LogP contribution in [0.4, 0.5) is 0 Å². The van der Waals surface area contributed by atoms with Crippen molar-refractivity contribution in [1.29, 1.82) is 0 Å². The Kier molecular flexibility index (Phi) is 1.91. The first-order valence-electron chi connectivity index (χ1n) is 5.32. The van der Waals surface area contributed by atoms with Gasteiger partial charge in [-0.1, -0.05) is 12.2 Å². The third-order valence-electron chi connectivity index (χ3n) is 3.25. The van der Waals surface area contributed by atoms with Crippen molar-refractivity contribution in [3.05, 3.63) is 23.9 Å². The standard InChI is InChI=1S/C11H15N3/c1-2-4-10-8(3-1)5-9-6-12-7-13-11(9)14-10/h1-2,4,8-9,12H,3,5-7H2,(H,13,14). The maximum atomic E-state index is 4.47. The fraction of sp³-hybridized carbons (Fsp3) is 0.545. The van der Waals surface area contributed by atoms with Crippen molar-refractivity contribution in [3.8, 4) is 0 Å². The SMILES string of the molecule is C1=CCC2CC3CNCN=C3NC2=C1. The monoisotopic (exact) mass is 189 g/mol. The lowest BCUT2D eigenvalue weighted by Crippen LogP contribution is -2.47. The summed E-state index contributed by atoms with van der Waals surface area (Å²) in [5.74, 6) is 2.50. The van der Waals surface area contributed by atoms with E-state index < -0.39 is 0 Å². The van der Waals surface area contributed by atoms with Crippen LogP contribution in [0.1, 0.15) is 12.8 Å². The number of hydrogen-bond donors (Lipinski definition) is 2. The van der Waals surface area contributed by atoms with Crippen molar-refractivity contribution in [2.24, 2.45) is 16.8 Å². The van der Waals surface area contributed by atoms with E-state index in [1.54, 1.807) is 0 Å². The zero-order valence-electron chi connectivity index (χ0n) is 8.16. The van der Waals surface area contributed by atoms with Gasteiger partial charge in [-0.05, 0) is 18.9 Å². The van der Waals surface area contributed by atoms with Crippen LogP contribution < -0.4 is 10.6 Å². The lowest BCUT2D eigenvalue weighted by Gasteiger charge is -2.36. The molecule has 1 saturated heterocycles. The smallest absolute Gasteiger partial charge is 0.106 e. The molecule has 3 heteroatoms. The van der Waals surface area contributed by atoms with Gasteiger partial charge >= 0.3 is 0 Å². The largest absolute Gasteiger partial charge is 0.347 e. The molecule has 0 radical (unpaired) electrons. The highest BCUT2D eigenvalue weighted by Crippen LogP contribution is 2.30. The Labute approximate surface area is 84.0 Å². The fourth-order valence-electron chi connectivity index (χ4n) is 2.48. The number of nitrogens with one attached hydrogen (secondary N) is 2. The second kappa shape index (κ2) is 3.24. The first-order chi connectivity index (χ1) is 6.93.